The first-order chi connectivity index (χ1) is 17.6. The van der Waals surface area contributed by atoms with Crippen molar-refractivity contribution in [2.45, 2.75) is 37.8 Å². The molecule has 2 aliphatic rings. The van der Waals surface area contributed by atoms with E-state index in [1.54, 1.807) is 12.3 Å². The number of aromatic nitrogens is 2. The number of piperidine rings is 1. The minimum atomic E-state index is -4.39. The molecular weight excluding hydrogens is 494 g/mol. The van der Waals surface area contributed by atoms with Crippen molar-refractivity contribution in [2.75, 3.05) is 42.1 Å². The number of hydrogen-bond acceptors (Lipinski definition) is 8. The Morgan fingerprint density at radius 1 is 1.24 bits per heavy atom. The van der Waals surface area contributed by atoms with Crippen molar-refractivity contribution >= 4 is 34.3 Å². The van der Waals surface area contributed by atoms with Crippen LogP contribution >= 0.6 is 0 Å². The van der Waals surface area contributed by atoms with E-state index in [4.69, 9.17) is 15.9 Å². The van der Waals surface area contributed by atoms with Gasteiger partial charge >= 0.3 is 6.18 Å². The molecule has 0 bridgehead atoms. The van der Waals surface area contributed by atoms with E-state index in [2.05, 4.69) is 15.3 Å². The van der Waals surface area contributed by atoms with Crippen LogP contribution in [0.4, 0.5) is 34.8 Å². The first kappa shape index (κ1) is 25.2. The first-order valence-corrected chi connectivity index (χ1v) is 11.9. The molecule has 3 aromatic heterocycles. The van der Waals surface area contributed by atoms with Gasteiger partial charge in [-0.15, -0.1) is 0 Å². The quantitative estimate of drug-likeness (QED) is 0.437. The molecule has 1 amide bonds. The zero-order chi connectivity index (χ0) is 26.3. The highest BCUT2D eigenvalue weighted by Gasteiger charge is 2.44. The molecule has 198 valence electrons. The average Bonchev–Trinajstić information content (AvgIpc) is 3.39. The summed E-state index contributed by atoms with van der Waals surface area (Å²) in [5.41, 5.74) is 13.9. The Kier molecular flexibility index (Phi) is 6.67. The summed E-state index contributed by atoms with van der Waals surface area (Å²) < 4.78 is 59.4. The van der Waals surface area contributed by atoms with Crippen LogP contribution in [0.5, 0.6) is 0 Å². The van der Waals surface area contributed by atoms with Crippen molar-refractivity contribution in [3.8, 4) is 0 Å². The van der Waals surface area contributed by atoms with E-state index in [1.807, 2.05) is 4.90 Å². The van der Waals surface area contributed by atoms with Crippen LogP contribution in [0.25, 0.3) is 11.1 Å². The molecule has 5 N–H and O–H groups in total. The Morgan fingerprint density at radius 2 is 2.05 bits per heavy atom. The van der Waals surface area contributed by atoms with Gasteiger partial charge in [-0.05, 0) is 30.5 Å². The minimum absolute atomic E-state index is 0.00450. The fourth-order valence-electron chi connectivity index (χ4n) is 5.05. The smallest absolute Gasteiger partial charge is 0.393 e. The van der Waals surface area contributed by atoms with Crippen LogP contribution in [0.2, 0.25) is 0 Å². The topological polar surface area (TPSA) is 127 Å². The lowest BCUT2D eigenvalue weighted by atomic mass is 9.93. The molecule has 3 aromatic rings. The van der Waals surface area contributed by atoms with Crippen molar-refractivity contribution in [3.63, 3.8) is 0 Å². The number of rotatable bonds is 5. The summed E-state index contributed by atoms with van der Waals surface area (Å²) in [4.78, 5) is 25.1. The molecule has 2 saturated heterocycles. The lowest BCUT2D eigenvalue weighted by molar-refractivity contribution is -0.177. The monoisotopic (exact) mass is 521 g/mol. The summed E-state index contributed by atoms with van der Waals surface area (Å²) in [6.45, 7) is 1.39. The predicted octanol–water partition coefficient (Wildman–Crippen LogP) is 3.32. The number of carbonyl (C=O) groups is 1. The number of nitrogen functional groups attached to an aromatic ring is 1. The Bertz CT molecular complexity index is 1300. The molecule has 9 nitrogen and oxygen atoms in total. The zero-order valence-corrected chi connectivity index (χ0v) is 19.8. The van der Waals surface area contributed by atoms with Gasteiger partial charge < -0.3 is 26.1 Å². The molecule has 2 fully saturated rings. The third-order valence-electron chi connectivity index (χ3n) is 6.79. The van der Waals surface area contributed by atoms with Crippen LogP contribution < -0.4 is 21.7 Å². The van der Waals surface area contributed by atoms with Crippen LogP contribution in [0, 0.1) is 5.92 Å². The summed E-state index contributed by atoms with van der Waals surface area (Å²) in [7, 11) is 0. The number of furan rings is 1. The third kappa shape index (κ3) is 5.32. The number of amides is 1. The van der Waals surface area contributed by atoms with Gasteiger partial charge in [0.2, 0.25) is 5.88 Å². The Morgan fingerprint density at radius 3 is 2.78 bits per heavy atom. The number of pyridine rings is 2. The molecular formula is C24H27F4N7O2. The van der Waals surface area contributed by atoms with Crippen molar-refractivity contribution in [2.24, 2.45) is 11.7 Å². The Hall–Kier alpha value is -3.45. The van der Waals surface area contributed by atoms with Gasteiger partial charge in [0.1, 0.15) is 17.3 Å². The van der Waals surface area contributed by atoms with E-state index in [1.165, 1.54) is 23.4 Å². The first-order valence-electron chi connectivity index (χ1n) is 11.9. The summed E-state index contributed by atoms with van der Waals surface area (Å²) in [5, 5.41) is 2.69. The fraction of sp³-hybridized carbons (Fsp3) is 0.458. The van der Waals surface area contributed by atoms with E-state index in [-0.39, 0.29) is 42.2 Å². The predicted molar refractivity (Wildman–Crippen MR) is 130 cm³/mol. The lowest BCUT2D eigenvalue weighted by Gasteiger charge is -2.39. The fourth-order valence-corrected chi connectivity index (χ4v) is 5.05. The van der Waals surface area contributed by atoms with Crippen molar-refractivity contribution in [3.05, 3.63) is 41.9 Å². The second kappa shape index (κ2) is 9.78. The van der Waals surface area contributed by atoms with E-state index >= 15 is 0 Å². The highest BCUT2D eigenvalue weighted by Crippen LogP contribution is 2.37. The second-order valence-corrected chi connectivity index (χ2v) is 9.64. The average molecular weight is 522 g/mol. The summed E-state index contributed by atoms with van der Waals surface area (Å²) in [6, 6.07) is 2.56. The molecule has 2 unspecified atom stereocenters. The molecule has 5 rings (SSSR count). The van der Waals surface area contributed by atoms with E-state index in [0.29, 0.717) is 37.3 Å². The third-order valence-corrected chi connectivity index (χ3v) is 6.79. The molecule has 3 atom stereocenters. The van der Waals surface area contributed by atoms with Crippen LogP contribution in [0.3, 0.4) is 0 Å². The number of alkyl halides is 4. The van der Waals surface area contributed by atoms with Crippen LogP contribution in [0.1, 0.15) is 28.8 Å². The highest BCUT2D eigenvalue weighted by molar-refractivity contribution is 6.15. The molecule has 2 aliphatic heterocycles. The van der Waals surface area contributed by atoms with Crippen LogP contribution in [-0.4, -0.2) is 65.3 Å². The number of likely N-dealkylation sites (tertiary alicyclic amines) is 1. The highest BCUT2D eigenvalue weighted by atomic mass is 19.4. The maximum Gasteiger partial charge on any atom is 0.393 e. The van der Waals surface area contributed by atoms with E-state index < -0.39 is 30.2 Å². The number of nitrogens with one attached hydrogen (secondary N) is 1. The lowest BCUT2D eigenvalue weighted by Crippen LogP contribution is -2.51. The minimum Gasteiger partial charge on any atom is -0.438 e. The van der Waals surface area contributed by atoms with Crippen LogP contribution in [-0.2, 0) is 6.54 Å². The molecule has 5 heterocycles. The van der Waals surface area contributed by atoms with Gasteiger partial charge in [-0.2, -0.15) is 13.2 Å². The standard InChI is InChI=1S/C24H27F4N7O2/c25-15-2-4-34(11-15)9-13-5-19-21(32-7-13)20(22(30)37-19)23(36)33-17-8-31-3-1-18(17)35-10-14(24(26,27)28)6-16(29)12-35/h1,3,5,7-8,14-16H,2,4,6,9-12,29-30H2,(H,33,36)/t14?,15-,16?/m1/s1. The largest absolute Gasteiger partial charge is 0.438 e. The van der Waals surface area contributed by atoms with Gasteiger partial charge in [0.25, 0.3) is 5.91 Å². The molecule has 37 heavy (non-hydrogen) atoms. The van der Waals surface area contributed by atoms with E-state index in [9.17, 15) is 22.4 Å². The van der Waals surface area contributed by atoms with Crippen molar-refractivity contribution in [1.29, 1.82) is 0 Å². The van der Waals surface area contributed by atoms with Crippen LogP contribution in [0.15, 0.2) is 35.1 Å². The van der Waals surface area contributed by atoms with Gasteiger partial charge in [0.05, 0.1) is 23.5 Å². The SMILES string of the molecule is Nc1oc2cc(CN3CC[C@@H](F)C3)cnc2c1C(=O)Nc1cnccc1N1CC(N)CC(C(F)(F)F)C1. The van der Waals surface area contributed by atoms with Gasteiger partial charge in [0, 0.05) is 51.2 Å². The zero-order valence-electron chi connectivity index (χ0n) is 19.8. The van der Waals surface area contributed by atoms with Gasteiger partial charge in [-0.1, -0.05) is 0 Å². The number of fused-ring (bicyclic) bond motifs is 1. The normalized spacial score (nSPS) is 23.1. The Balaban J connectivity index is 1.37. The number of nitrogens with two attached hydrogens (primary N) is 2. The molecule has 0 aliphatic carbocycles. The summed E-state index contributed by atoms with van der Waals surface area (Å²) >= 11 is 0. The number of nitrogens with zero attached hydrogens (tertiary/aromatic N) is 4. The van der Waals surface area contributed by atoms with Crippen molar-refractivity contribution < 1.29 is 26.8 Å². The maximum absolute atomic E-state index is 13.5. The molecule has 0 saturated carbocycles. The number of anilines is 3. The number of carbonyl (C=O) groups excluding carboxylic acids is 1. The maximum atomic E-state index is 13.5. The van der Waals surface area contributed by atoms with Gasteiger partial charge in [0.15, 0.2) is 5.58 Å². The Labute approximate surface area is 209 Å². The molecule has 13 heteroatoms. The van der Waals surface area contributed by atoms with Gasteiger partial charge in [-0.3, -0.25) is 19.7 Å². The number of hydrogen-bond donors (Lipinski definition) is 3. The summed E-state index contributed by atoms with van der Waals surface area (Å²) in [6.07, 6.45) is -0.527. The molecule has 0 aromatic carbocycles. The number of halogens is 4. The van der Waals surface area contributed by atoms with Crippen molar-refractivity contribution in [1.82, 2.24) is 14.9 Å². The van der Waals surface area contributed by atoms with Gasteiger partial charge in [-0.25, -0.2) is 4.39 Å². The molecule has 0 radical (unpaired) electrons. The summed E-state index contributed by atoms with van der Waals surface area (Å²) in [5.74, 6) is -2.37. The second-order valence-electron chi connectivity index (χ2n) is 9.64. The van der Waals surface area contributed by atoms with E-state index in [0.717, 1.165) is 5.56 Å². The molecule has 0 spiro atoms.